The number of aromatic nitrogens is 1. The highest BCUT2D eigenvalue weighted by Crippen LogP contribution is 2.24. The van der Waals surface area contributed by atoms with Crippen molar-refractivity contribution >= 4 is 23.1 Å². The quantitative estimate of drug-likeness (QED) is 0.891. The number of hydrogen-bond acceptors (Lipinski definition) is 5. The van der Waals surface area contributed by atoms with E-state index in [-0.39, 0.29) is 12.6 Å². The van der Waals surface area contributed by atoms with Gasteiger partial charge in [-0.2, -0.15) is 0 Å². The Morgan fingerprint density at radius 3 is 2.54 bits per heavy atom. The highest BCUT2D eigenvalue weighted by atomic mass is 32.1. The van der Waals surface area contributed by atoms with Gasteiger partial charge in [0.05, 0.1) is 6.61 Å². The van der Waals surface area contributed by atoms with E-state index in [1.807, 2.05) is 41.5 Å². The van der Waals surface area contributed by atoms with Gasteiger partial charge < -0.3 is 15.3 Å². The standard InChI is InChI=1S/C17H22N4O2S/c1-13-12-24-16(18-13)14-2-4-15(5-3-14)19-17(23)21-8-6-20(7-9-21)10-11-22/h2-5,12,22H,6-11H2,1H3,(H,19,23). The lowest BCUT2D eigenvalue weighted by Crippen LogP contribution is -2.50. The van der Waals surface area contributed by atoms with E-state index in [4.69, 9.17) is 5.11 Å². The average Bonchev–Trinajstić information content (AvgIpc) is 3.03. The van der Waals surface area contributed by atoms with Crippen LogP contribution in [0.4, 0.5) is 10.5 Å². The van der Waals surface area contributed by atoms with Gasteiger partial charge >= 0.3 is 6.03 Å². The molecule has 0 atom stereocenters. The number of nitrogens with zero attached hydrogens (tertiary/aromatic N) is 3. The summed E-state index contributed by atoms with van der Waals surface area (Å²) in [6.45, 7) is 5.79. The Morgan fingerprint density at radius 2 is 1.96 bits per heavy atom. The van der Waals surface area contributed by atoms with Crippen LogP contribution in [0.2, 0.25) is 0 Å². The van der Waals surface area contributed by atoms with E-state index in [0.717, 1.165) is 35.0 Å². The lowest BCUT2D eigenvalue weighted by Gasteiger charge is -2.34. The maximum absolute atomic E-state index is 12.3. The average molecular weight is 346 g/mol. The van der Waals surface area contributed by atoms with Crippen LogP contribution in [-0.2, 0) is 0 Å². The third-order valence-corrected chi connectivity index (χ3v) is 5.09. The number of carbonyl (C=O) groups is 1. The number of aliphatic hydroxyl groups excluding tert-OH is 1. The maximum atomic E-state index is 12.3. The second-order valence-electron chi connectivity index (χ2n) is 5.85. The topological polar surface area (TPSA) is 68.7 Å². The number of hydrogen-bond donors (Lipinski definition) is 2. The van der Waals surface area contributed by atoms with Gasteiger partial charge in [0.2, 0.25) is 0 Å². The Bertz CT molecular complexity index is 678. The Labute approximate surface area is 145 Å². The van der Waals surface area contributed by atoms with Crippen molar-refractivity contribution in [3.05, 3.63) is 35.3 Å². The van der Waals surface area contributed by atoms with Crippen LogP contribution in [0.15, 0.2) is 29.6 Å². The van der Waals surface area contributed by atoms with Crippen LogP contribution in [-0.4, -0.2) is 65.3 Å². The second kappa shape index (κ2) is 7.74. The minimum atomic E-state index is -0.0727. The van der Waals surface area contributed by atoms with Crippen molar-refractivity contribution in [3.63, 3.8) is 0 Å². The number of carbonyl (C=O) groups excluding carboxylic acids is 1. The molecule has 1 fully saturated rings. The maximum Gasteiger partial charge on any atom is 0.321 e. The lowest BCUT2D eigenvalue weighted by atomic mass is 10.2. The van der Waals surface area contributed by atoms with Gasteiger partial charge in [-0.25, -0.2) is 9.78 Å². The Balaban J connectivity index is 1.55. The van der Waals surface area contributed by atoms with Crippen LogP contribution in [0.1, 0.15) is 5.69 Å². The SMILES string of the molecule is Cc1csc(-c2ccc(NC(=O)N3CCN(CCO)CC3)cc2)n1. The molecule has 2 amide bonds. The molecule has 1 aliphatic rings. The fourth-order valence-corrected chi connectivity index (χ4v) is 3.50. The molecule has 2 aromatic rings. The summed E-state index contributed by atoms with van der Waals surface area (Å²) in [4.78, 5) is 20.8. The van der Waals surface area contributed by atoms with Crippen molar-refractivity contribution in [1.29, 1.82) is 0 Å². The van der Waals surface area contributed by atoms with E-state index in [1.165, 1.54) is 0 Å². The summed E-state index contributed by atoms with van der Waals surface area (Å²) < 4.78 is 0. The van der Waals surface area contributed by atoms with E-state index in [9.17, 15) is 4.79 Å². The van der Waals surface area contributed by atoms with E-state index >= 15 is 0 Å². The Hall–Kier alpha value is -1.96. The molecule has 2 N–H and O–H groups in total. The molecule has 0 aliphatic carbocycles. The van der Waals surface area contributed by atoms with Crippen LogP contribution in [0, 0.1) is 6.92 Å². The van der Waals surface area contributed by atoms with Gasteiger partial charge in [-0.1, -0.05) is 0 Å². The first-order chi connectivity index (χ1) is 11.7. The molecule has 0 radical (unpaired) electrons. The molecule has 2 heterocycles. The number of thiazole rings is 1. The van der Waals surface area contributed by atoms with E-state index < -0.39 is 0 Å². The number of nitrogens with one attached hydrogen (secondary N) is 1. The van der Waals surface area contributed by atoms with Gasteiger partial charge in [0.25, 0.3) is 0 Å². The second-order valence-corrected chi connectivity index (χ2v) is 6.71. The molecule has 6 nitrogen and oxygen atoms in total. The number of urea groups is 1. The number of β-amino-alcohol motifs (C(OH)–C–C–N with tert-alkyl or cyclic N) is 1. The van der Waals surface area contributed by atoms with Gasteiger partial charge in [0.1, 0.15) is 5.01 Å². The smallest absolute Gasteiger partial charge is 0.321 e. The molecular formula is C17H22N4O2S. The Morgan fingerprint density at radius 1 is 1.25 bits per heavy atom. The molecular weight excluding hydrogens is 324 g/mol. The molecule has 0 saturated carbocycles. The van der Waals surface area contributed by atoms with Crippen molar-refractivity contribution in [2.75, 3.05) is 44.6 Å². The van der Waals surface area contributed by atoms with Gasteiger partial charge in [-0.3, -0.25) is 4.90 Å². The molecule has 1 aliphatic heterocycles. The first-order valence-corrected chi connectivity index (χ1v) is 8.95. The van der Waals surface area contributed by atoms with Crippen molar-refractivity contribution in [3.8, 4) is 10.6 Å². The van der Waals surface area contributed by atoms with Gasteiger partial charge in [-0.15, -0.1) is 11.3 Å². The number of rotatable bonds is 4. The molecule has 7 heteroatoms. The van der Waals surface area contributed by atoms with E-state index in [1.54, 1.807) is 11.3 Å². The zero-order chi connectivity index (χ0) is 16.9. The van der Waals surface area contributed by atoms with Gasteiger partial charge in [0.15, 0.2) is 0 Å². The number of amides is 2. The molecule has 1 saturated heterocycles. The van der Waals surface area contributed by atoms with Crippen LogP contribution in [0.5, 0.6) is 0 Å². The monoisotopic (exact) mass is 346 g/mol. The minimum absolute atomic E-state index is 0.0727. The normalized spacial score (nSPS) is 15.5. The third-order valence-electron chi connectivity index (χ3n) is 4.08. The molecule has 128 valence electrons. The summed E-state index contributed by atoms with van der Waals surface area (Å²) in [7, 11) is 0. The molecule has 1 aromatic heterocycles. The highest BCUT2D eigenvalue weighted by molar-refractivity contribution is 7.13. The van der Waals surface area contributed by atoms with Crippen molar-refractivity contribution < 1.29 is 9.90 Å². The molecule has 1 aromatic carbocycles. The summed E-state index contributed by atoms with van der Waals surface area (Å²) in [5, 5.41) is 14.9. The van der Waals surface area contributed by atoms with Crippen LogP contribution in [0.3, 0.4) is 0 Å². The minimum Gasteiger partial charge on any atom is -0.395 e. The lowest BCUT2D eigenvalue weighted by molar-refractivity contribution is 0.127. The van der Waals surface area contributed by atoms with Crippen molar-refractivity contribution in [1.82, 2.24) is 14.8 Å². The van der Waals surface area contributed by atoms with Crippen LogP contribution >= 0.6 is 11.3 Å². The summed E-state index contributed by atoms with van der Waals surface area (Å²) in [6.07, 6.45) is 0. The zero-order valence-electron chi connectivity index (χ0n) is 13.7. The molecule has 0 bridgehead atoms. The number of aliphatic hydroxyl groups is 1. The van der Waals surface area contributed by atoms with E-state index in [0.29, 0.717) is 19.6 Å². The fourth-order valence-electron chi connectivity index (χ4n) is 2.70. The number of piperazine rings is 1. The highest BCUT2D eigenvalue weighted by Gasteiger charge is 2.20. The Kier molecular flexibility index (Phi) is 5.44. The van der Waals surface area contributed by atoms with Gasteiger partial charge in [0, 0.05) is 55.0 Å². The zero-order valence-corrected chi connectivity index (χ0v) is 14.6. The van der Waals surface area contributed by atoms with Crippen LogP contribution < -0.4 is 5.32 Å². The van der Waals surface area contributed by atoms with Crippen LogP contribution in [0.25, 0.3) is 10.6 Å². The van der Waals surface area contributed by atoms with Crippen molar-refractivity contribution in [2.24, 2.45) is 0 Å². The summed E-state index contributed by atoms with van der Waals surface area (Å²) in [5.41, 5.74) is 2.87. The predicted molar refractivity (Wildman–Crippen MR) is 96.4 cm³/mol. The number of benzene rings is 1. The third kappa shape index (κ3) is 4.11. The summed E-state index contributed by atoms with van der Waals surface area (Å²) in [5.74, 6) is 0. The predicted octanol–water partition coefficient (Wildman–Crippen LogP) is 2.26. The van der Waals surface area contributed by atoms with Gasteiger partial charge in [-0.05, 0) is 31.2 Å². The number of anilines is 1. The van der Waals surface area contributed by atoms with Crippen molar-refractivity contribution in [2.45, 2.75) is 6.92 Å². The first kappa shape index (κ1) is 16.9. The fraction of sp³-hybridized carbons (Fsp3) is 0.412. The summed E-state index contributed by atoms with van der Waals surface area (Å²) >= 11 is 1.62. The molecule has 0 spiro atoms. The first-order valence-electron chi connectivity index (χ1n) is 8.07. The number of aryl methyl sites for hydroxylation is 1. The molecule has 0 unspecified atom stereocenters. The van der Waals surface area contributed by atoms with E-state index in [2.05, 4.69) is 15.2 Å². The summed E-state index contributed by atoms with van der Waals surface area (Å²) in [6, 6.07) is 7.70. The largest absolute Gasteiger partial charge is 0.395 e. The molecule has 24 heavy (non-hydrogen) atoms. The molecule has 3 rings (SSSR count).